The molecule has 0 fully saturated rings. The van der Waals surface area contributed by atoms with Crippen LogP contribution in [-0.2, 0) is 7.05 Å². The Bertz CT molecular complexity index is 1440. The lowest BCUT2D eigenvalue weighted by atomic mass is 9.93. The fourth-order valence-electron chi connectivity index (χ4n) is 4.93. The first-order chi connectivity index (χ1) is 14.5. The van der Waals surface area contributed by atoms with Crippen molar-refractivity contribution in [2.75, 3.05) is 0 Å². The summed E-state index contributed by atoms with van der Waals surface area (Å²) in [7, 11) is 2.05. The van der Waals surface area contributed by atoms with Crippen molar-refractivity contribution < 1.29 is 4.57 Å². The Hall–Kier alpha value is -3.46. The number of aryl methyl sites for hydroxylation is 4. The summed E-state index contributed by atoms with van der Waals surface area (Å²) >= 11 is 0. The summed E-state index contributed by atoms with van der Waals surface area (Å²) in [6.07, 6.45) is 0. The van der Waals surface area contributed by atoms with Gasteiger partial charge in [0, 0.05) is 53.6 Å². The van der Waals surface area contributed by atoms with Gasteiger partial charge >= 0.3 is 0 Å². The summed E-state index contributed by atoms with van der Waals surface area (Å²) < 4.78 is 4.43. The van der Waals surface area contributed by atoms with Gasteiger partial charge in [-0.1, -0.05) is 30.3 Å². The van der Waals surface area contributed by atoms with E-state index in [2.05, 4.69) is 99.0 Å². The van der Waals surface area contributed by atoms with Crippen molar-refractivity contribution in [3.8, 4) is 16.9 Å². The van der Waals surface area contributed by atoms with Crippen molar-refractivity contribution in [3.63, 3.8) is 0 Å². The van der Waals surface area contributed by atoms with Gasteiger partial charge in [-0.15, -0.1) is 0 Å². The van der Waals surface area contributed by atoms with E-state index in [1.54, 1.807) is 0 Å². The zero-order chi connectivity index (χ0) is 21.0. The number of hydrogen-bond donors (Lipinski definition) is 0. The molecule has 0 saturated heterocycles. The molecule has 0 radical (unpaired) electrons. The van der Waals surface area contributed by atoms with E-state index in [0.717, 1.165) is 5.52 Å². The fraction of sp³-hybridized carbons (Fsp3) is 0.185. The summed E-state index contributed by atoms with van der Waals surface area (Å²) in [5, 5.41) is 7.21. The van der Waals surface area contributed by atoms with Crippen molar-refractivity contribution in [1.29, 1.82) is 0 Å². The highest BCUT2D eigenvalue weighted by Crippen LogP contribution is 2.36. The molecule has 0 amide bonds. The van der Waals surface area contributed by atoms with Crippen LogP contribution in [0, 0.1) is 27.7 Å². The van der Waals surface area contributed by atoms with Crippen LogP contribution in [-0.4, -0.2) is 9.78 Å². The van der Waals surface area contributed by atoms with E-state index in [1.807, 2.05) is 11.7 Å². The molecule has 3 aromatic carbocycles. The molecule has 0 aliphatic heterocycles. The Kier molecular flexibility index (Phi) is 4.21. The molecular weight excluding hydrogens is 366 g/mol. The van der Waals surface area contributed by atoms with Crippen molar-refractivity contribution in [2.24, 2.45) is 7.05 Å². The van der Waals surface area contributed by atoms with Crippen molar-refractivity contribution in [3.05, 3.63) is 89.1 Å². The van der Waals surface area contributed by atoms with E-state index in [9.17, 15) is 0 Å². The van der Waals surface area contributed by atoms with Gasteiger partial charge in [0.25, 0.3) is 0 Å². The molecule has 5 rings (SSSR count). The zero-order valence-corrected chi connectivity index (χ0v) is 18.2. The Morgan fingerprint density at radius 2 is 1.53 bits per heavy atom. The van der Waals surface area contributed by atoms with Crippen LogP contribution in [0.3, 0.4) is 0 Å². The molecule has 0 N–H and O–H groups in total. The molecule has 2 aromatic heterocycles. The summed E-state index contributed by atoms with van der Waals surface area (Å²) in [6, 6.07) is 23.7. The number of hydrogen-bond acceptors (Lipinski definition) is 1. The molecule has 0 atom stereocenters. The van der Waals surface area contributed by atoms with Crippen molar-refractivity contribution >= 4 is 21.8 Å². The van der Waals surface area contributed by atoms with Crippen molar-refractivity contribution in [2.45, 2.75) is 27.7 Å². The maximum absolute atomic E-state index is 4.77. The average molecular weight is 393 g/mol. The second-order valence-corrected chi connectivity index (χ2v) is 8.22. The van der Waals surface area contributed by atoms with E-state index >= 15 is 0 Å². The highest BCUT2D eigenvalue weighted by Gasteiger charge is 2.26. The predicted octanol–water partition coefficient (Wildman–Crippen LogP) is 5.90. The second-order valence-electron chi connectivity index (χ2n) is 8.22. The third-order valence-corrected chi connectivity index (χ3v) is 6.17. The third-order valence-electron chi connectivity index (χ3n) is 6.17. The van der Waals surface area contributed by atoms with Crippen LogP contribution in [0.15, 0.2) is 66.7 Å². The van der Waals surface area contributed by atoms with Gasteiger partial charge in [0.2, 0.25) is 11.2 Å². The van der Waals surface area contributed by atoms with Crippen LogP contribution in [0.2, 0.25) is 0 Å². The fourth-order valence-corrected chi connectivity index (χ4v) is 4.93. The largest absolute Gasteiger partial charge is 0.267 e. The minimum absolute atomic E-state index is 1.03. The lowest BCUT2D eigenvalue weighted by molar-refractivity contribution is -0.575. The first-order valence-electron chi connectivity index (χ1n) is 10.4. The SMILES string of the molecule is Cc1cc(C)c(-[n+]2c(C)ccc3ccccc32)c(C)c1-c1c2ccccc2nn1C. The van der Waals surface area contributed by atoms with E-state index in [1.165, 1.54) is 55.6 Å². The van der Waals surface area contributed by atoms with E-state index in [0.29, 0.717) is 0 Å². The van der Waals surface area contributed by atoms with Crippen LogP contribution in [0.1, 0.15) is 22.4 Å². The van der Waals surface area contributed by atoms with Crippen molar-refractivity contribution in [1.82, 2.24) is 9.78 Å². The molecule has 0 aliphatic rings. The summed E-state index contributed by atoms with van der Waals surface area (Å²) in [6.45, 7) is 8.86. The standard InChI is InChI=1S/C27H26N3/c1-17-16-18(2)26(30-19(3)14-15-21-10-6-9-13-24(21)30)20(4)25(17)27-22-11-7-8-12-23(22)28-29(27)5/h6-16H,1-5H3/q+1. The van der Waals surface area contributed by atoms with E-state index < -0.39 is 0 Å². The monoisotopic (exact) mass is 392 g/mol. The number of pyridine rings is 1. The van der Waals surface area contributed by atoms with Gasteiger partial charge in [0.1, 0.15) is 0 Å². The maximum Gasteiger partial charge on any atom is 0.218 e. The van der Waals surface area contributed by atoms with Crippen LogP contribution in [0.25, 0.3) is 38.8 Å². The van der Waals surface area contributed by atoms with Gasteiger partial charge < -0.3 is 0 Å². The second kappa shape index (κ2) is 6.81. The zero-order valence-electron chi connectivity index (χ0n) is 18.2. The van der Waals surface area contributed by atoms with Crippen LogP contribution < -0.4 is 4.57 Å². The molecule has 148 valence electrons. The highest BCUT2D eigenvalue weighted by molar-refractivity contribution is 5.95. The predicted molar refractivity (Wildman–Crippen MR) is 124 cm³/mol. The number of rotatable bonds is 2. The maximum atomic E-state index is 4.77. The molecule has 3 nitrogen and oxygen atoms in total. The van der Waals surface area contributed by atoms with Gasteiger partial charge in [0.15, 0.2) is 5.69 Å². The minimum atomic E-state index is 1.03. The van der Waals surface area contributed by atoms with Gasteiger partial charge in [-0.3, -0.25) is 4.68 Å². The molecule has 3 heteroatoms. The first kappa shape index (κ1) is 18.6. The molecule has 0 saturated carbocycles. The molecule has 0 bridgehead atoms. The Morgan fingerprint density at radius 3 is 2.37 bits per heavy atom. The number of aromatic nitrogens is 3. The normalized spacial score (nSPS) is 11.5. The van der Waals surface area contributed by atoms with Crippen LogP contribution >= 0.6 is 0 Å². The number of nitrogens with zero attached hydrogens (tertiary/aromatic N) is 3. The van der Waals surface area contributed by atoms with Crippen LogP contribution in [0.4, 0.5) is 0 Å². The number of para-hydroxylation sites is 1. The number of benzene rings is 3. The minimum Gasteiger partial charge on any atom is -0.267 e. The van der Waals surface area contributed by atoms with E-state index in [4.69, 9.17) is 5.10 Å². The van der Waals surface area contributed by atoms with Gasteiger partial charge in [0.05, 0.1) is 11.2 Å². The molecule has 5 aromatic rings. The molecule has 0 unspecified atom stereocenters. The van der Waals surface area contributed by atoms with E-state index in [-0.39, 0.29) is 0 Å². The topological polar surface area (TPSA) is 21.7 Å². The number of fused-ring (bicyclic) bond motifs is 2. The summed E-state index contributed by atoms with van der Waals surface area (Å²) in [4.78, 5) is 0. The average Bonchev–Trinajstić information content (AvgIpc) is 3.05. The first-order valence-corrected chi connectivity index (χ1v) is 10.4. The Morgan fingerprint density at radius 1 is 0.800 bits per heavy atom. The third kappa shape index (κ3) is 2.66. The lowest BCUT2D eigenvalue weighted by Crippen LogP contribution is -2.37. The Balaban J connectivity index is 1.90. The molecule has 0 aliphatic carbocycles. The van der Waals surface area contributed by atoms with Gasteiger partial charge in [-0.05, 0) is 50.6 Å². The molecular formula is C27H26N3+. The van der Waals surface area contributed by atoms with Gasteiger partial charge in [-0.25, -0.2) is 0 Å². The highest BCUT2D eigenvalue weighted by atomic mass is 15.3. The van der Waals surface area contributed by atoms with Crippen LogP contribution in [0.5, 0.6) is 0 Å². The smallest absolute Gasteiger partial charge is 0.218 e. The van der Waals surface area contributed by atoms with Gasteiger partial charge in [-0.2, -0.15) is 9.67 Å². The quantitative estimate of drug-likeness (QED) is 0.343. The summed E-state index contributed by atoms with van der Waals surface area (Å²) in [5.74, 6) is 0. The lowest BCUT2D eigenvalue weighted by Gasteiger charge is -2.16. The Labute approximate surface area is 177 Å². The molecule has 30 heavy (non-hydrogen) atoms. The molecule has 0 spiro atoms. The summed E-state index contributed by atoms with van der Waals surface area (Å²) in [5.41, 5.74) is 11.0. The molecule has 2 heterocycles.